The van der Waals surface area contributed by atoms with E-state index in [1.165, 1.54) is 0 Å². The van der Waals surface area contributed by atoms with E-state index in [4.69, 9.17) is 14.8 Å². The van der Waals surface area contributed by atoms with Gasteiger partial charge in [-0.1, -0.05) is 23.4 Å². The van der Waals surface area contributed by atoms with Gasteiger partial charge in [-0.3, -0.25) is 14.6 Å². The van der Waals surface area contributed by atoms with E-state index in [1.54, 1.807) is 17.1 Å². The zero-order valence-electron chi connectivity index (χ0n) is 11.6. The molecule has 1 aliphatic heterocycles. The van der Waals surface area contributed by atoms with Crippen LogP contribution in [0.5, 0.6) is 0 Å². The van der Waals surface area contributed by atoms with E-state index in [2.05, 4.69) is 0 Å². The number of hydrazine groups is 1. The number of nitriles is 1. The van der Waals surface area contributed by atoms with Crippen LogP contribution in [0.25, 0.3) is 0 Å². The van der Waals surface area contributed by atoms with Gasteiger partial charge >= 0.3 is 5.97 Å². The van der Waals surface area contributed by atoms with Crippen molar-refractivity contribution >= 4 is 11.7 Å². The monoisotopic (exact) mass is 275 g/mol. The Hall–Kier alpha value is -2.10. The normalized spacial score (nSPS) is 17.6. The number of benzene rings is 1. The Morgan fingerprint density at radius 3 is 2.90 bits per heavy atom. The molecule has 0 bridgehead atoms. The summed E-state index contributed by atoms with van der Waals surface area (Å²) >= 11 is 0. The molecule has 0 saturated heterocycles. The summed E-state index contributed by atoms with van der Waals surface area (Å²) in [6, 6.07) is 9.39. The van der Waals surface area contributed by atoms with Crippen molar-refractivity contribution in [3.8, 4) is 6.07 Å². The fraction of sp³-hybridized carbons (Fsp3) is 0.429. The molecule has 1 aromatic rings. The lowest BCUT2D eigenvalue weighted by Crippen LogP contribution is -2.38. The molecule has 6 heteroatoms. The van der Waals surface area contributed by atoms with E-state index < -0.39 is 0 Å². The number of hydrogen-bond donors (Lipinski definition) is 0. The van der Waals surface area contributed by atoms with Crippen LogP contribution in [0.2, 0.25) is 0 Å². The van der Waals surface area contributed by atoms with E-state index in [0.717, 1.165) is 11.3 Å². The molecule has 0 spiro atoms. The summed E-state index contributed by atoms with van der Waals surface area (Å²) in [6.45, 7) is 2.05. The molecule has 0 fully saturated rings. The second-order valence-electron chi connectivity index (χ2n) is 4.34. The van der Waals surface area contributed by atoms with Gasteiger partial charge in [0.25, 0.3) is 0 Å². The first-order chi connectivity index (χ1) is 9.69. The van der Waals surface area contributed by atoms with Gasteiger partial charge in [0.2, 0.25) is 0 Å². The lowest BCUT2D eigenvalue weighted by Gasteiger charge is -2.28. The summed E-state index contributed by atoms with van der Waals surface area (Å²) in [6.07, 6.45) is 0.181. The highest BCUT2D eigenvalue weighted by molar-refractivity contribution is 5.72. The number of carbonyl (C=O) groups excluding carboxylic acids is 1. The number of nitrogens with zero attached hydrogens (tertiary/aromatic N) is 3. The summed E-state index contributed by atoms with van der Waals surface area (Å²) in [5.74, 6) is -0.284. The molecule has 0 N–H and O–H groups in total. The van der Waals surface area contributed by atoms with Gasteiger partial charge in [-0.25, -0.2) is 0 Å². The minimum Gasteiger partial charge on any atom is -0.466 e. The second-order valence-corrected chi connectivity index (χ2v) is 4.34. The van der Waals surface area contributed by atoms with Gasteiger partial charge in [0, 0.05) is 7.05 Å². The predicted octanol–water partition coefficient (Wildman–Crippen LogP) is 1.80. The first-order valence-electron chi connectivity index (χ1n) is 6.46. The molecule has 106 valence electrons. The Morgan fingerprint density at radius 1 is 1.45 bits per heavy atom. The minimum atomic E-state index is -0.284. The molecular formula is C14H17N3O3. The SMILES string of the molecule is CCOC(=O)CC1c2ccccc2N(C)N1OCC#N. The number of esters is 1. The Morgan fingerprint density at radius 2 is 2.20 bits per heavy atom. The van der Waals surface area contributed by atoms with Gasteiger partial charge in [-0.2, -0.15) is 5.26 Å². The third-order valence-electron chi connectivity index (χ3n) is 3.13. The zero-order valence-corrected chi connectivity index (χ0v) is 11.6. The standard InChI is InChI=1S/C14H17N3O3/c1-3-19-14(18)10-13-11-6-4-5-7-12(11)16(2)17(13)20-9-8-15/h4-7,13H,3,9-10H2,1-2H3. The van der Waals surface area contributed by atoms with Crippen molar-refractivity contribution in [2.24, 2.45) is 0 Å². The van der Waals surface area contributed by atoms with Gasteiger partial charge in [0.15, 0.2) is 6.61 Å². The average Bonchev–Trinajstić information content (AvgIpc) is 2.71. The van der Waals surface area contributed by atoms with Crippen LogP contribution in [0.4, 0.5) is 5.69 Å². The summed E-state index contributed by atoms with van der Waals surface area (Å²) in [5.41, 5.74) is 1.95. The molecule has 1 atom stereocenters. The van der Waals surface area contributed by atoms with Crippen molar-refractivity contribution in [3.05, 3.63) is 29.8 Å². The highest BCUT2D eigenvalue weighted by Crippen LogP contribution is 2.40. The molecule has 2 rings (SSSR count). The Kier molecular flexibility index (Phi) is 4.56. The number of fused-ring (bicyclic) bond motifs is 1. The first-order valence-corrected chi connectivity index (χ1v) is 6.46. The Balaban J connectivity index is 2.23. The molecule has 20 heavy (non-hydrogen) atoms. The van der Waals surface area contributed by atoms with Crippen LogP contribution in [0.3, 0.4) is 0 Å². The van der Waals surface area contributed by atoms with E-state index in [9.17, 15) is 4.79 Å². The van der Waals surface area contributed by atoms with Gasteiger partial charge in [0.1, 0.15) is 0 Å². The van der Waals surface area contributed by atoms with E-state index >= 15 is 0 Å². The number of ether oxygens (including phenoxy) is 1. The number of carbonyl (C=O) groups is 1. The van der Waals surface area contributed by atoms with Crippen molar-refractivity contribution in [1.82, 2.24) is 5.17 Å². The molecule has 0 radical (unpaired) electrons. The van der Waals surface area contributed by atoms with Crippen LogP contribution in [-0.4, -0.2) is 31.4 Å². The number of rotatable bonds is 5. The van der Waals surface area contributed by atoms with Crippen LogP contribution >= 0.6 is 0 Å². The fourth-order valence-corrected chi connectivity index (χ4v) is 2.34. The maximum atomic E-state index is 11.7. The van der Waals surface area contributed by atoms with E-state index in [-0.39, 0.29) is 25.0 Å². The average molecular weight is 275 g/mol. The van der Waals surface area contributed by atoms with Crippen molar-refractivity contribution in [2.75, 3.05) is 25.3 Å². The number of anilines is 1. The number of para-hydroxylation sites is 1. The molecule has 6 nitrogen and oxygen atoms in total. The fourth-order valence-electron chi connectivity index (χ4n) is 2.34. The summed E-state index contributed by atoms with van der Waals surface area (Å²) < 4.78 is 5.00. The predicted molar refractivity (Wildman–Crippen MR) is 72.2 cm³/mol. The van der Waals surface area contributed by atoms with Crippen LogP contribution in [0.1, 0.15) is 24.9 Å². The van der Waals surface area contributed by atoms with Gasteiger partial charge in [-0.15, -0.1) is 0 Å². The third-order valence-corrected chi connectivity index (χ3v) is 3.13. The molecule has 1 heterocycles. The Bertz CT molecular complexity index is 527. The minimum absolute atomic E-state index is 0.0718. The van der Waals surface area contributed by atoms with Crippen LogP contribution in [-0.2, 0) is 14.4 Å². The first kappa shape index (κ1) is 14.3. The molecule has 1 aliphatic rings. The van der Waals surface area contributed by atoms with Crippen LogP contribution < -0.4 is 5.01 Å². The van der Waals surface area contributed by atoms with Crippen LogP contribution in [0, 0.1) is 11.3 Å². The summed E-state index contributed by atoms with van der Waals surface area (Å²) in [7, 11) is 1.83. The molecule has 1 unspecified atom stereocenters. The van der Waals surface area contributed by atoms with Crippen molar-refractivity contribution < 1.29 is 14.4 Å². The molecular weight excluding hydrogens is 258 g/mol. The topological polar surface area (TPSA) is 65.8 Å². The van der Waals surface area contributed by atoms with Crippen molar-refractivity contribution in [1.29, 1.82) is 5.26 Å². The molecule has 0 amide bonds. The quantitative estimate of drug-likeness (QED) is 0.763. The van der Waals surface area contributed by atoms with E-state index in [1.807, 2.05) is 37.4 Å². The lowest BCUT2D eigenvalue weighted by atomic mass is 10.0. The van der Waals surface area contributed by atoms with Crippen LogP contribution in [0.15, 0.2) is 24.3 Å². The molecule has 0 aliphatic carbocycles. The summed E-state index contributed by atoms with van der Waals surface area (Å²) in [4.78, 5) is 17.2. The van der Waals surface area contributed by atoms with Gasteiger partial charge < -0.3 is 4.74 Å². The number of hydroxylamine groups is 1. The smallest absolute Gasteiger partial charge is 0.307 e. The molecule has 0 saturated carbocycles. The number of hydrogen-bond acceptors (Lipinski definition) is 6. The van der Waals surface area contributed by atoms with Crippen molar-refractivity contribution in [3.63, 3.8) is 0 Å². The summed E-state index contributed by atoms with van der Waals surface area (Å²) in [5, 5.41) is 12.0. The largest absolute Gasteiger partial charge is 0.466 e. The molecule has 1 aromatic carbocycles. The lowest BCUT2D eigenvalue weighted by molar-refractivity contribution is -0.182. The highest BCUT2D eigenvalue weighted by atomic mass is 16.7. The van der Waals surface area contributed by atoms with Crippen molar-refractivity contribution in [2.45, 2.75) is 19.4 Å². The highest BCUT2D eigenvalue weighted by Gasteiger charge is 2.37. The van der Waals surface area contributed by atoms with Gasteiger partial charge in [0.05, 0.1) is 30.8 Å². The Labute approximate surface area is 118 Å². The zero-order chi connectivity index (χ0) is 14.5. The maximum absolute atomic E-state index is 11.7. The van der Waals surface area contributed by atoms with E-state index in [0.29, 0.717) is 6.61 Å². The molecule has 0 aromatic heterocycles. The maximum Gasteiger partial charge on any atom is 0.307 e. The van der Waals surface area contributed by atoms with Gasteiger partial charge in [-0.05, 0) is 18.6 Å². The third kappa shape index (κ3) is 2.74. The second kappa shape index (κ2) is 6.37.